The van der Waals surface area contributed by atoms with Crippen molar-refractivity contribution in [2.24, 2.45) is 0 Å². The fraction of sp³-hybridized carbons (Fsp3) is 0.100. The molecule has 0 saturated heterocycles. The largest absolute Gasteiger partial charge is 0.488 e. The number of ether oxygens (including phenoxy) is 2. The lowest BCUT2D eigenvalue weighted by atomic mass is 10.1. The van der Waals surface area contributed by atoms with Gasteiger partial charge in [-0.3, -0.25) is 4.79 Å². The summed E-state index contributed by atoms with van der Waals surface area (Å²) >= 11 is 0. The summed E-state index contributed by atoms with van der Waals surface area (Å²) in [6.45, 7) is 0.0448. The van der Waals surface area contributed by atoms with Gasteiger partial charge in [-0.15, -0.1) is 0 Å². The lowest BCUT2D eigenvalue weighted by Gasteiger charge is -2.11. The van der Waals surface area contributed by atoms with Gasteiger partial charge in [0, 0.05) is 0 Å². The molecule has 6 nitrogen and oxygen atoms in total. The molecule has 0 saturated carbocycles. The number of nitrogens with one attached hydrogen (secondary N) is 1. The summed E-state index contributed by atoms with van der Waals surface area (Å²) in [6.07, 6.45) is 3.67. The maximum absolute atomic E-state index is 12.7. The zero-order chi connectivity index (χ0) is 18.8. The Morgan fingerprint density at radius 1 is 1.12 bits per heavy atom. The number of hydrogen-bond donors (Lipinski definition) is 2. The molecule has 6 heteroatoms. The Morgan fingerprint density at radius 2 is 1.81 bits per heavy atom. The van der Waals surface area contributed by atoms with Crippen LogP contribution >= 0.6 is 0 Å². The summed E-state index contributed by atoms with van der Waals surface area (Å²) in [5, 5.41) is 11.9. The molecule has 26 heavy (non-hydrogen) atoms. The normalized spacial score (nSPS) is 10.3. The number of carboxylic acids is 1. The van der Waals surface area contributed by atoms with E-state index in [2.05, 4.69) is 22.1 Å². The second-order valence-corrected chi connectivity index (χ2v) is 5.00. The highest BCUT2D eigenvalue weighted by Gasteiger charge is 2.16. The van der Waals surface area contributed by atoms with Crippen molar-refractivity contribution in [3.63, 3.8) is 0 Å². The molecule has 0 fully saturated rings. The number of aromatic carboxylic acids is 1. The number of rotatable bonds is 6. The van der Waals surface area contributed by atoms with Crippen LogP contribution in [0.1, 0.15) is 15.9 Å². The Bertz CT molecular complexity index is 863. The minimum absolute atomic E-state index is 0.000131. The quantitative estimate of drug-likeness (QED) is 0.362. The van der Waals surface area contributed by atoms with Crippen LogP contribution in [0.2, 0.25) is 0 Å². The Kier molecular flexibility index (Phi) is 6.83. The Labute approximate surface area is 151 Å². The van der Waals surface area contributed by atoms with Crippen molar-refractivity contribution in [3.8, 4) is 12.0 Å². The molecule has 0 aromatic heterocycles. The van der Waals surface area contributed by atoms with Crippen LogP contribution in [0.25, 0.3) is 5.57 Å². The van der Waals surface area contributed by atoms with Crippen LogP contribution in [-0.2, 0) is 14.3 Å². The molecule has 0 unspecified atom stereocenters. The van der Waals surface area contributed by atoms with Crippen LogP contribution in [0.15, 0.2) is 60.9 Å². The van der Waals surface area contributed by atoms with Crippen molar-refractivity contribution < 1.29 is 24.2 Å². The number of para-hydroxylation sites is 1. The molecule has 0 aliphatic rings. The van der Waals surface area contributed by atoms with E-state index < -0.39 is 11.9 Å². The van der Waals surface area contributed by atoms with E-state index in [0.29, 0.717) is 5.56 Å². The summed E-state index contributed by atoms with van der Waals surface area (Å²) in [4.78, 5) is 24.0. The third-order valence-electron chi connectivity index (χ3n) is 3.27. The molecular formula is C20H17NO5. The topological polar surface area (TPSA) is 84.9 Å². The SMILES string of the molecule is COC#CCOC=C(C(=O)Nc1ccccc1C(=O)O)c1ccccc1. The first-order valence-corrected chi connectivity index (χ1v) is 7.65. The fourth-order valence-electron chi connectivity index (χ4n) is 2.11. The van der Waals surface area contributed by atoms with E-state index in [-0.39, 0.29) is 23.4 Å². The molecule has 2 rings (SSSR count). The van der Waals surface area contributed by atoms with Crippen LogP contribution in [0, 0.1) is 12.0 Å². The van der Waals surface area contributed by atoms with E-state index in [4.69, 9.17) is 4.74 Å². The average Bonchev–Trinajstić information content (AvgIpc) is 2.65. The van der Waals surface area contributed by atoms with Crippen molar-refractivity contribution in [1.29, 1.82) is 0 Å². The lowest BCUT2D eigenvalue weighted by molar-refractivity contribution is -0.111. The van der Waals surface area contributed by atoms with Gasteiger partial charge < -0.3 is 19.9 Å². The van der Waals surface area contributed by atoms with Crippen LogP contribution in [0.5, 0.6) is 0 Å². The highest BCUT2D eigenvalue weighted by Crippen LogP contribution is 2.20. The molecule has 0 radical (unpaired) electrons. The van der Waals surface area contributed by atoms with Crippen LogP contribution in [0.4, 0.5) is 5.69 Å². The maximum Gasteiger partial charge on any atom is 0.337 e. The minimum atomic E-state index is -1.13. The van der Waals surface area contributed by atoms with E-state index in [0.717, 1.165) is 0 Å². The summed E-state index contributed by atoms with van der Waals surface area (Å²) in [6, 6.07) is 15.1. The first kappa shape index (κ1) is 18.6. The average molecular weight is 351 g/mol. The van der Waals surface area contributed by atoms with Gasteiger partial charge in [0.15, 0.2) is 6.61 Å². The van der Waals surface area contributed by atoms with E-state index in [1.54, 1.807) is 36.4 Å². The number of carbonyl (C=O) groups is 2. The van der Waals surface area contributed by atoms with Gasteiger partial charge in [-0.1, -0.05) is 42.5 Å². The van der Waals surface area contributed by atoms with Gasteiger partial charge >= 0.3 is 5.97 Å². The molecule has 2 N–H and O–H groups in total. The van der Waals surface area contributed by atoms with Gasteiger partial charge in [-0.05, 0) is 23.6 Å². The monoisotopic (exact) mass is 351 g/mol. The van der Waals surface area contributed by atoms with Gasteiger partial charge in [0.05, 0.1) is 30.2 Å². The minimum Gasteiger partial charge on any atom is -0.488 e. The van der Waals surface area contributed by atoms with Gasteiger partial charge in [0.25, 0.3) is 5.91 Å². The molecule has 1 amide bonds. The number of carboxylic acid groups (broad SMARTS) is 1. The van der Waals surface area contributed by atoms with Crippen LogP contribution in [-0.4, -0.2) is 30.7 Å². The third-order valence-corrected chi connectivity index (χ3v) is 3.27. The van der Waals surface area contributed by atoms with Crippen molar-refractivity contribution in [2.45, 2.75) is 0 Å². The Hall–Kier alpha value is -3.72. The number of anilines is 1. The highest BCUT2D eigenvalue weighted by atomic mass is 16.5. The summed E-state index contributed by atoms with van der Waals surface area (Å²) in [5.74, 6) is 0.983. The number of methoxy groups -OCH3 is 1. The molecule has 0 aliphatic carbocycles. The van der Waals surface area contributed by atoms with E-state index in [1.807, 2.05) is 6.07 Å². The summed E-state index contributed by atoms with van der Waals surface area (Å²) in [7, 11) is 1.44. The first-order chi connectivity index (χ1) is 12.6. The van der Waals surface area contributed by atoms with E-state index >= 15 is 0 Å². The molecule has 0 heterocycles. The van der Waals surface area contributed by atoms with Gasteiger partial charge in [0.2, 0.25) is 0 Å². The smallest absolute Gasteiger partial charge is 0.337 e. The molecule has 2 aromatic rings. The fourth-order valence-corrected chi connectivity index (χ4v) is 2.11. The standard InChI is InChI=1S/C20H17NO5/c1-25-12-7-13-26-14-17(15-8-3-2-4-9-15)19(22)21-18-11-6-5-10-16(18)20(23)24/h2-6,8-11,14H,13H2,1H3,(H,21,22)(H,23,24). The van der Waals surface area contributed by atoms with Gasteiger partial charge in [-0.2, -0.15) is 0 Å². The number of amides is 1. The number of hydrogen-bond acceptors (Lipinski definition) is 4. The van der Waals surface area contributed by atoms with E-state index in [1.165, 1.54) is 25.5 Å². The molecule has 0 spiro atoms. The molecule has 0 atom stereocenters. The highest BCUT2D eigenvalue weighted by molar-refractivity contribution is 6.25. The lowest BCUT2D eigenvalue weighted by Crippen LogP contribution is -2.16. The Balaban J connectivity index is 2.26. The van der Waals surface area contributed by atoms with Gasteiger partial charge in [-0.25, -0.2) is 4.79 Å². The van der Waals surface area contributed by atoms with Crippen molar-refractivity contribution in [1.82, 2.24) is 0 Å². The second kappa shape index (κ2) is 9.55. The molecular weight excluding hydrogens is 334 g/mol. The summed E-state index contributed by atoms with van der Waals surface area (Å²) in [5.41, 5.74) is 1.06. The van der Waals surface area contributed by atoms with Gasteiger partial charge in [0.1, 0.15) is 6.11 Å². The number of benzene rings is 2. The maximum atomic E-state index is 12.7. The molecule has 0 aliphatic heterocycles. The zero-order valence-electron chi connectivity index (χ0n) is 14.1. The van der Waals surface area contributed by atoms with E-state index in [9.17, 15) is 14.7 Å². The van der Waals surface area contributed by atoms with Crippen LogP contribution in [0.3, 0.4) is 0 Å². The van der Waals surface area contributed by atoms with Crippen molar-refractivity contribution >= 4 is 23.1 Å². The van der Waals surface area contributed by atoms with Crippen molar-refractivity contribution in [2.75, 3.05) is 19.0 Å². The second-order valence-electron chi connectivity index (χ2n) is 5.00. The molecule has 132 valence electrons. The number of carbonyl (C=O) groups excluding carboxylic acids is 1. The molecule has 2 aromatic carbocycles. The van der Waals surface area contributed by atoms with Crippen molar-refractivity contribution in [3.05, 3.63) is 72.0 Å². The zero-order valence-corrected chi connectivity index (χ0v) is 14.1. The van der Waals surface area contributed by atoms with Crippen LogP contribution < -0.4 is 5.32 Å². The predicted molar refractivity (Wildman–Crippen MR) is 97.2 cm³/mol. The predicted octanol–water partition coefficient (Wildman–Crippen LogP) is 2.99. The Morgan fingerprint density at radius 3 is 2.50 bits per heavy atom. The molecule has 0 bridgehead atoms. The third kappa shape index (κ3) is 5.14. The summed E-state index contributed by atoms with van der Waals surface area (Å²) < 4.78 is 9.89. The first-order valence-electron chi connectivity index (χ1n) is 7.65.